The van der Waals surface area contributed by atoms with Crippen molar-refractivity contribution in [2.75, 3.05) is 19.0 Å². The number of fused-ring (bicyclic) bond motifs is 5. The Balaban J connectivity index is 1.14. The number of piperidine rings is 1. The molecule has 4 aliphatic rings. The maximum Gasteiger partial charge on any atom is 0.254 e. The van der Waals surface area contributed by atoms with Crippen LogP contribution in [0.4, 0.5) is 5.69 Å². The van der Waals surface area contributed by atoms with Crippen LogP contribution in [0.5, 0.6) is 5.75 Å². The normalized spacial score (nSPS) is 22.1. The number of nitrogens with zero attached hydrogens (tertiary/aromatic N) is 4. The third kappa shape index (κ3) is 4.13. The van der Waals surface area contributed by atoms with E-state index >= 15 is 0 Å². The fourth-order valence-corrected chi connectivity index (χ4v) is 8.05. The molecule has 1 saturated heterocycles. The molecule has 228 valence electrons. The van der Waals surface area contributed by atoms with E-state index in [1.807, 2.05) is 30.1 Å². The van der Waals surface area contributed by atoms with Gasteiger partial charge in [-0.25, -0.2) is 4.98 Å². The molecule has 0 spiro atoms. The summed E-state index contributed by atoms with van der Waals surface area (Å²) in [5.41, 5.74) is 15.0. The van der Waals surface area contributed by atoms with Crippen LogP contribution in [0.3, 0.4) is 0 Å². The molecule has 2 aromatic heterocycles. The number of aromatic nitrogens is 3. The molecule has 2 amide bonds. The molecule has 9 nitrogen and oxygen atoms in total. The van der Waals surface area contributed by atoms with Crippen LogP contribution in [0.2, 0.25) is 0 Å². The predicted octanol–water partition coefficient (Wildman–Crippen LogP) is 5.34. The van der Waals surface area contributed by atoms with Crippen LogP contribution in [-0.4, -0.2) is 56.6 Å². The fraction of sp³-hybridized carbons (Fsp3) is 0.361. The molecular formula is C36H36N6O3. The summed E-state index contributed by atoms with van der Waals surface area (Å²) < 4.78 is 10.4. The van der Waals surface area contributed by atoms with Crippen LogP contribution < -0.4 is 15.8 Å². The van der Waals surface area contributed by atoms with Gasteiger partial charge in [-0.05, 0) is 90.6 Å². The summed E-state index contributed by atoms with van der Waals surface area (Å²) in [7, 11) is 3.68. The van der Waals surface area contributed by atoms with Crippen LogP contribution in [0.25, 0.3) is 44.6 Å². The van der Waals surface area contributed by atoms with Crippen molar-refractivity contribution in [1.29, 1.82) is 0 Å². The number of aryl methyl sites for hydroxylation is 1. The van der Waals surface area contributed by atoms with E-state index in [2.05, 4.69) is 50.8 Å². The van der Waals surface area contributed by atoms with E-state index in [0.717, 1.165) is 76.2 Å². The number of carbonyl (C=O) groups excluding carboxylic acids is 2. The summed E-state index contributed by atoms with van der Waals surface area (Å²) in [5, 5.41) is 4.09. The molecule has 45 heavy (non-hydrogen) atoms. The lowest BCUT2D eigenvalue weighted by molar-refractivity contribution is -0.115. The average Bonchev–Trinajstić information content (AvgIpc) is 3.26. The lowest BCUT2D eigenvalue weighted by atomic mass is 10.0. The smallest absolute Gasteiger partial charge is 0.254 e. The molecule has 3 fully saturated rings. The van der Waals surface area contributed by atoms with Crippen molar-refractivity contribution < 1.29 is 14.3 Å². The van der Waals surface area contributed by atoms with Crippen molar-refractivity contribution >= 4 is 39.4 Å². The quantitative estimate of drug-likeness (QED) is 0.274. The monoisotopic (exact) mass is 600 g/mol. The topological polar surface area (TPSA) is 107 Å². The predicted molar refractivity (Wildman–Crippen MR) is 174 cm³/mol. The summed E-state index contributed by atoms with van der Waals surface area (Å²) in [4.78, 5) is 32.8. The van der Waals surface area contributed by atoms with E-state index in [9.17, 15) is 9.59 Å². The number of ether oxygens (including phenoxy) is 1. The minimum absolute atomic E-state index is 0.00660. The number of hydrogen-bond acceptors (Lipinski definition) is 5. The lowest BCUT2D eigenvalue weighted by Crippen LogP contribution is -2.41. The summed E-state index contributed by atoms with van der Waals surface area (Å²) in [6.45, 7) is 1.65. The van der Waals surface area contributed by atoms with Gasteiger partial charge in [0.1, 0.15) is 11.3 Å². The van der Waals surface area contributed by atoms with Gasteiger partial charge in [0.25, 0.3) is 5.91 Å². The summed E-state index contributed by atoms with van der Waals surface area (Å²) in [6, 6.07) is 19.0. The average molecular weight is 601 g/mol. The van der Waals surface area contributed by atoms with Crippen molar-refractivity contribution in [2.45, 2.75) is 50.7 Å². The molecule has 2 aliphatic carbocycles. The summed E-state index contributed by atoms with van der Waals surface area (Å²) in [6.07, 6.45) is 4.96. The highest BCUT2D eigenvalue weighted by Crippen LogP contribution is 2.41. The first kappa shape index (κ1) is 26.7. The Morgan fingerprint density at radius 1 is 1.04 bits per heavy atom. The zero-order valence-corrected chi connectivity index (χ0v) is 25.5. The van der Waals surface area contributed by atoms with Gasteiger partial charge in [-0.15, -0.1) is 0 Å². The van der Waals surface area contributed by atoms with Crippen LogP contribution >= 0.6 is 0 Å². The van der Waals surface area contributed by atoms with E-state index in [4.69, 9.17) is 15.5 Å². The van der Waals surface area contributed by atoms with E-state index in [-0.39, 0.29) is 23.9 Å². The van der Waals surface area contributed by atoms with Crippen molar-refractivity contribution in [3.8, 4) is 28.4 Å². The first-order valence-corrected chi connectivity index (χ1v) is 16.0. The van der Waals surface area contributed by atoms with Gasteiger partial charge >= 0.3 is 0 Å². The van der Waals surface area contributed by atoms with Gasteiger partial charge in [-0.1, -0.05) is 18.2 Å². The maximum absolute atomic E-state index is 13.7. The Bertz CT molecular complexity index is 2070. The molecule has 3 atom stereocenters. The second kappa shape index (κ2) is 9.68. The zero-order chi connectivity index (χ0) is 30.6. The summed E-state index contributed by atoms with van der Waals surface area (Å²) >= 11 is 0. The Labute approximate surface area is 261 Å². The Morgan fingerprint density at radius 3 is 2.62 bits per heavy atom. The SMILES string of the molecule is COc1cc(C(=O)N2CC3CCC2C3N)cc2nc(-c3cc4ccc(-c5ccc6c(c5)CC(=O)N6)cc4n3CC3CC3)n(C)c12. The van der Waals surface area contributed by atoms with Crippen molar-refractivity contribution in [2.24, 2.45) is 24.6 Å². The second-order valence-electron chi connectivity index (χ2n) is 13.4. The number of amides is 2. The molecule has 9 heteroatoms. The number of imidazole rings is 1. The molecule has 2 aliphatic heterocycles. The van der Waals surface area contributed by atoms with Gasteiger partial charge in [0.2, 0.25) is 5.91 Å². The highest BCUT2D eigenvalue weighted by Gasteiger charge is 2.47. The van der Waals surface area contributed by atoms with Gasteiger partial charge in [0, 0.05) is 54.4 Å². The number of hydrogen-bond donors (Lipinski definition) is 2. The molecule has 3 aromatic carbocycles. The Hall–Kier alpha value is -4.63. The lowest BCUT2D eigenvalue weighted by Gasteiger charge is -2.27. The van der Waals surface area contributed by atoms with E-state index in [1.54, 1.807) is 7.11 Å². The number of likely N-dealkylation sites (tertiary alicyclic amines) is 1. The molecular weight excluding hydrogens is 564 g/mol. The van der Waals surface area contributed by atoms with E-state index in [1.165, 1.54) is 18.4 Å². The summed E-state index contributed by atoms with van der Waals surface area (Å²) in [5.74, 6) is 2.58. The molecule has 2 bridgehead atoms. The van der Waals surface area contributed by atoms with Gasteiger partial charge < -0.3 is 29.8 Å². The van der Waals surface area contributed by atoms with Gasteiger partial charge in [-0.2, -0.15) is 0 Å². The number of rotatable bonds is 6. The standard InChI is InChI=1S/C36H36N6O3/c1-40-34-27(12-25(15-31(34)45-2)36(44)42-18-23-8-10-28(42)33(23)37)39-35(40)30-14-22-6-5-21(13-29(22)41(30)17-19-3-4-19)20-7-9-26-24(11-20)16-32(43)38-26/h5-7,9,11-15,19,23,28,33H,3-4,8,10,16-18,37H2,1-2H3,(H,38,43). The fourth-order valence-electron chi connectivity index (χ4n) is 8.05. The highest BCUT2D eigenvalue weighted by atomic mass is 16.5. The van der Waals surface area contributed by atoms with E-state index < -0.39 is 0 Å². The molecule has 9 rings (SSSR count). The first-order valence-electron chi connectivity index (χ1n) is 16.0. The Kier molecular flexibility index (Phi) is 5.75. The van der Waals surface area contributed by atoms with E-state index in [0.29, 0.717) is 29.6 Å². The largest absolute Gasteiger partial charge is 0.494 e. The highest BCUT2D eigenvalue weighted by molar-refractivity contribution is 6.01. The van der Waals surface area contributed by atoms with Gasteiger partial charge in [-0.3, -0.25) is 9.59 Å². The van der Waals surface area contributed by atoms with Crippen LogP contribution in [0, 0.1) is 11.8 Å². The van der Waals surface area contributed by atoms with Crippen LogP contribution in [0.1, 0.15) is 41.6 Å². The third-order valence-corrected chi connectivity index (χ3v) is 10.7. The van der Waals surface area contributed by atoms with Crippen molar-refractivity contribution in [3.63, 3.8) is 0 Å². The number of methoxy groups -OCH3 is 1. The molecule has 0 radical (unpaired) electrons. The van der Waals surface area contributed by atoms with Crippen molar-refractivity contribution in [3.05, 3.63) is 65.7 Å². The molecule has 5 aromatic rings. The van der Waals surface area contributed by atoms with Gasteiger partial charge in [0.15, 0.2) is 5.82 Å². The number of nitrogens with one attached hydrogen (secondary N) is 1. The number of anilines is 1. The molecule has 4 heterocycles. The first-order chi connectivity index (χ1) is 21.9. The molecule has 3 N–H and O–H groups in total. The number of benzene rings is 3. The second-order valence-corrected chi connectivity index (χ2v) is 13.4. The number of carbonyl (C=O) groups is 2. The minimum Gasteiger partial charge on any atom is -0.494 e. The zero-order valence-electron chi connectivity index (χ0n) is 25.5. The van der Waals surface area contributed by atoms with Crippen molar-refractivity contribution in [1.82, 2.24) is 19.0 Å². The van der Waals surface area contributed by atoms with Gasteiger partial charge in [0.05, 0.1) is 24.7 Å². The van der Waals surface area contributed by atoms with Crippen LogP contribution in [-0.2, 0) is 24.8 Å². The molecule has 3 unspecified atom stereocenters. The minimum atomic E-state index is 0.00660. The Morgan fingerprint density at radius 2 is 1.87 bits per heavy atom. The number of nitrogens with two attached hydrogens (primary N) is 1. The maximum atomic E-state index is 13.7. The molecule has 2 saturated carbocycles. The van der Waals surface area contributed by atoms with Crippen LogP contribution in [0.15, 0.2) is 54.6 Å². The third-order valence-electron chi connectivity index (χ3n) is 10.7.